The number of hydrogen-bond acceptors (Lipinski definition) is 4. The van der Waals surface area contributed by atoms with Gasteiger partial charge in [0.1, 0.15) is 5.75 Å². The van der Waals surface area contributed by atoms with Gasteiger partial charge in [0, 0.05) is 4.90 Å². The van der Waals surface area contributed by atoms with Gasteiger partial charge >= 0.3 is 0 Å². The Balaban J connectivity index is 2.36. The van der Waals surface area contributed by atoms with Crippen LogP contribution in [0.2, 0.25) is 0 Å². The third-order valence-corrected chi connectivity index (χ3v) is 5.79. The number of methoxy groups -OCH3 is 1. The van der Waals surface area contributed by atoms with E-state index in [1.807, 2.05) is 41.0 Å². The molecule has 112 valence electrons. The highest BCUT2D eigenvalue weighted by Crippen LogP contribution is 2.29. The van der Waals surface area contributed by atoms with E-state index in [0.717, 1.165) is 8.47 Å². The van der Waals surface area contributed by atoms with Crippen LogP contribution in [-0.2, 0) is 10.0 Å². The van der Waals surface area contributed by atoms with E-state index in [1.54, 1.807) is 31.4 Å². The molecule has 0 amide bonds. The highest BCUT2D eigenvalue weighted by molar-refractivity contribution is 14.1. The molecule has 0 radical (unpaired) electrons. The van der Waals surface area contributed by atoms with Gasteiger partial charge in [-0.05, 0) is 59.2 Å². The van der Waals surface area contributed by atoms with Crippen molar-refractivity contribution in [2.45, 2.75) is 9.79 Å². The minimum absolute atomic E-state index is 0.212. The highest BCUT2D eigenvalue weighted by Gasteiger charge is 2.17. The van der Waals surface area contributed by atoms with Gasteiger partial charge in [-0.15, -0.1) is 11.8 Å². The zero-order valence-electron chi connectivity index (χ0n) is 11.5. The summed E-state index contributed by atoms with van der Waals surface area (Å²) in [6.45, 7) is 0. The summed E-state index contributed by atoms with van der Waals surface area (Å²) in [5.74, 6) is 0.652. The van der Waals surface area contributed by atoms with E-state index in [0.29, 0.717) is 11.4 Å². The van der Waals surface area contributed by atoms with E-state index in [9.17, 15) is 8.42 Å². The third kappa shape index (κ3) is 3.83. The molecule has 0 spiro atoms. The SMILES string of the molecule is COc1ccc(S(=O)(=O)Nc2ccccc2SC)cc1I. The Bertz CT molecular complexity index is 748. The maximum atomic E-state index is 12.5. The first kappa shape index (κ1) is 16.4. The van der Waals surface area contributed by atoms with Crippen LogP contribution < -0.4 is 9.46 Å². The van der Waals surface area contributed by atoms with Crippen molar-refractivity contribution in [2.75, 3.05) is 18.1 Å². The van der Waals surface area contributed by atoms with Crippen molar-refractivity contribution in [3.05, 3.63) is 46.0 Å². The Morgan fingerprint density at radius 2 is 1.90 bits per heavy atom. The molecule has 0 heterocycles. The van der Waals surface area contributed by atoms with Crippen LogP contribution in [0.1, 0.15) is 0 Å². The zero-order valence-corrected chi connectivity index (χ0v) is 15.3. The lowest BCUT2D eigenvalue weighted by Gasteiger charge is -2.12. The van der Waals surface area contributed by atoms with Crippen LogP contribution in [-0.4, -0.2) is 21.8 Å². The maximum absolute atomic E-state index is 12.5. The van der Waals surface area contributed by atoms with Crippen LogP contribution in [0.25, 0.3) is 0 Å². The number of nitrogens with one attached hydrogen (secondary N) is 1. The van der Waals surface area contributed by atoms with Gasteiger partial charge in [-0.1, -0.05) is 12.1 Å². The van der Waals surface area contributed by atoms with Crippen molar-refractivity contribution in [1.29, 1.82) is 0 Å². The lowest BCUT2D eigenvalue weighted by atomic mass is 10.3. The Hall–Kier alpha value is -0.930. The zero-order chi connectivity index (χ0) is 15.5. The smallest absolute Gasteiger partial charge is 0.261 e. The molecule has 1 N–H and O–H groups in total. The molecule has 0 atom stereocenters. The van der Waals surface area contributed by atoms with Crippen LogP contribution in [0.4, 0.5) is 5.69 Å². The maximum Gasteiger partial charge on any atom is 0.261 e. The van der Waals surface area contributed by atoms with Gasteiger partial charge in [-0.3, -0.25) is 4.72 Å². The molecular formula is C14H14INO3S2. The van der Waals surface area contributed by atoms with Crippen LogP contribution in [0.15, 0.2) is 52.3 Å². The number of sulfonamides is 1. The summed E-state index contributed by atoms with van der Waals surface area (Å²) in [6.07, 6.45) is 1.91. The molecule has 21 heavy (non-hydrogen) atoms. The second kappa shape index (κ2) is 6.89. The quantitative estimate of drug-likeness (QED) is 0.573. The first-order valence-electron chi connectivity index (χ1n) is 5.97. The van der Waals surface area contributed by atoms with E-state index in [4.69, 9.17) is 4.74 Å². The van der Waals surface area contributed by atoms with Crippen molar-refractivity contribution in [3.63, 3.8) is 0 Å². The first-order chi connectivity index (χ1) is 9.97. The number of ether oxygens (including phenoxy) is 1. The largest absolute Gasteiger partial charge is 0.496 e. The summed E-state index contributed by atoms with van der Waals surface area (Å²) in [6, 6.07) is 12.1. The molecule has 0 saturated carbocycles. The predicted octanol–water partition coefficient (Wildman–Crippen LogP) is 3.82. The molecule has 0 saturated heterocycles. The number of hydrogen-bond donors (Lipinski definition) is 1. The van der Waals surface area contributed by atoms with Crippen LogP contribution in [0.5, 0.6) is 5.75 Å². The van der Waals surface area contributed by atoms with E-state index in [2.05, 4.69) is 4.72 Å². The van der Waals surface area contributed by atoms with Crippen LogP contribution >= 0.6 is 34.4 Å². The third-order valence-electron chi connectivity index (χ3n) is 2.78. The lowest BCUT2D eigenvalue weighted by Crippen LogP contribution is -2.13. The Labute approximate surface area is 142 Å². The summed E-state index contributed by atoms with van der Waals surface area (Å²) in [5.41, 5.74) is 0.579. The van der Waals surface area contributed by atoms with Gasteiger partial charge in [-0.25, -0.2) is 8.42 Å². The lowest BCUT2D eigenvalue weighted by molar-refractivity contribution is 0.411. The van der Waals surface area contributed by atoms with Crippen molar-refractivity contribution in [1.82, 2.24) is 0 Å². The van der Waals surface area contributed by atoms with Crippen LogP contribution in [0, 0.1) is 3.57 Å². The molecule has 2 aromatic rings. The molecule has 0 aliphatic carbocycles. The molecule has 0 aliphatic heterocycles. The van der Waals surface area contributed by atoms with Crippen LogP contribution in [0.3, 0.4) is 0 Å². The van der Waals surface area contributed by atoms with Gasteiger partial charge in [0.25, 0.3) is 10.0 Å². The Morgan fingerprint density at radius 3 is 2.52 bits per heavy atom. The van der Waals surface area contributed by atoms with Gasteiger partial charge in [0.15, 0.2) is 0 Å². The molecule has 0 unspecified atom stereocenters. The Morgan fingerprint density at radius 1 is 1.19 bits per heavy atom. The molecule has 0 fully saturated rings. The fourth-order valence-electron chi connectivity index (χ4n) is 1.75. The summed E-state index contributed by atoms with van der Waals surface area (Å²) in [7, 11) is -2.06. The van der Waals surface area contributed by atoms with Gasteiger partial charge in [0.2, 0.25) is 0 Å². The molecule has 0 aliphatic rings. The summed E-state index contributed by atoms with van der Waals surface area (Å²) < 4.78 is 33.4. The second-order valence-electron chi connectivity index (χ2n) is 4.10. The molecule has 0 bridgehead atoms. The summed E-state index contributed by atoms with van der Waals surface area (Å²) in [4.78, 5) is 1.09. The number of rotatable bonds is 5. The predicted molar refractivity (Wildman–Crippen MR) is 94.7 cm³/mol. The monoisotopic (exact) mass is 435 g/mol. The highest BCUT2D eigenvalue weighted by atomic mass is 127. The van der Waals surface area contributed by atoms with Gasteiger partial charge < -0.3 is 4.74 Å². The van der Waals surface area contributed by atoms with Crippen molar-refractivity contribution < 1.29 is 13.2 Å². The fourth-order valence-corrected chi connectivity index (χ4v) is 4.42. The van der Waals surface area contributed by atoms with Gasteiger partial charge in [-0.2, -0.15) is 0 Å². The summed E-state index contributed by atoms with van der Waals surface area (Å²) in [5, 5.41) is 0. The molecule has 4 nitrogen and oxygen atoms in total. The minimum Gasteiger partial charge on any atom is -0.496 e. The Kier molecular flexibility index (Phi) is 5.39. The average molecular weight is 435 g/mol. The molecular weight excluding hydrogens is 421 g/mol. The first-order valence-corrected chi connectivity index (χ1v) is 9.76. The number of halogens is 1. The van der Waals surface area contributed by atoms with E-state index < -0.39 is 10.0 Å². The fraction of sp³-hybridized carbons (Fsp3) is 0.143. The van der Waals surface area contributed by atoms with E-state index in [1.165, 1.54) is 17.8 Å². The topological polar surface area (TPSA) is 55.4 Å². The number of benzene rings is 2. The van der Waals surface area contributed by atoms with Gasteiger partial charge in [0.05, 0.1) is 21.3 Å². The average Bonchev–Trinajstić information content (AvgIpc) is 2.47. The standard InChI is InChI=1S/C14H14INO3S2/c1-19-13-8-7-10(9-11(13)15)21(17,18)16-12-5-3-4-6-14(12)20-2/h3-9,16H,1-2H3. The minimum atomic E-state index is -3.62. The van der Waals surface area contributed by atoms with E-state index >= 15 is 0 Å². The normalized spacial score (nSPS) is 11.2. The van der Waals surface area contributed by atoms with Crippen molar-refractivity contribution in [2.24, 2.45) is 0 Å². The summed E-state index contributed by atoms with van der Waals surface area (Å²) >= 11 is 3.54. The second-order valence-corrected chi connectivity index (χ2v) is 7.79. The van der Waals surface area contributed by atoms with Crippen molar-refractivity contribution in [3.8, 4) is 5.75 Å². The molecule has 0 aromatic heterocycles. The molecule has 7 heteroatoms. The number of thioether (sulfide) groups is 1. The molecule has 2 rings (SSSR count). The molecule has 2 aromatic carbocycles. The van der Waals surface area contributed by atoms with E-state index in [-0.39, 0.29) is 4.90 Å². The number of para-hydroxylation sites is 1. The van der Waals surface area contributed by atoms with Crippen molar-refractivity contribution >= 4 is 50.1 Å². The number of anilines is 1.